The van der Waals surface area contributed by atoms with E-state index in [0.29, 0.717) is 6.54 Å². The smallest absolute Gasteiger partial charge is 0.238 e. The Morgan fingerprint density at radius 2 is 2.26 bits per heavy atom. The minimum absolute atomic E-state index is 0.0361. The number of carbonyl (C=O) groups is 1. The fourth-order valence-electron chi connectivity index (χ4n) is 1.73. The molecular formula is C14H18N4O. The Hall–Kier alpha value is -2.14. The third-order valence-corrected chi connectivity index (χ3v) is 2.61. The molecule has 5 nitrogen and oxygen atoms in total. The molecule has 0 saturated heterocycles. The number of carbonyl (C=O) groups excluding carboxylic acids is 1. The lowest BCUT2D eigenvalue weighted by molar-refractivity contribution is -0.115. The highest BCUT2D eigenvalue weighted by Crippen LogP contribution is 2.13. The van der Waals surface area contributed by atoms with Crippen molar-refractivity contribution in [3.05, 3.63) is 42.7 Å². The molecule has 2 rings (SSSR count). The molecule has 1 heterocycles. The van der Waals surface area contributed by atoms with Crippen molar-refractivity contribution < 1.29 is 4.79 Å². The maximum atomic E-state index is 11.7. The summed E-state index contributed by atoms with van der Waals surface area (Å²) in [5, 5.41) is 10.1. The van der Waals surface area contributed by atoms with Crippen molar-refractivity contribution in [3.8, 4) is 5.69 Å². The van der Waals surface area contributed by atoms with Crippen LogP contribution in [0.3, 0.4) is 0 Å². The van der Waals surface area contributed by atoms with Gasteiger partial charge in [-0.25, -0.2) is 4.68 Å². The van der Waals surface area contributed by atoms with Crippen molar-refractivity contribution in [1.82, 2.24) is 15.1 Å². The van der Waals surface area contributed by atoms with Gasteiger partial charge in [-0.1, -0.05) is 13.0 Å². The zero-order chi connectivity index (χ0) is 13.5. The van der Waals surface area contributed by atoms with Gasteiger partial charge in [0.15, 0.2) is 0 Å². The summed E-state index contributed by atoms with van der Waals surface area (Å²) in [5.74, 6) is -0.0361. The molecule has 0 aliphatic heterocycles. The van der Waals surface area contributed by atoms with Crippen molar-refractivity contribution in [2.24, 2.45) is 0 Å². The van der Waals surface area contributed by atoms with Crippen LogP contribution in [0.15, 0.2) is 42.7 Å². The van der Waals surface area contributed by atoms with Crippen molar-refractivity contribution in [2.75, 3.05) is 18.4 Å². The Morgan fingerprint density at radius 1 is 1.37 bits per heavy atom. The molecule has 0 spiro atoms. The van der Waals surface area contributed by atoms with Gasteiger partial charge in [-0.3, -0.25) is 4.79 Å². The summed E-state index contributed by atoms with van der Waals surface area (Å²) in [5.41, 5.74) is 1.70. The van der Waals surface area contributed by atoms with Gasteiger partial charge in [0.25, 0.3) is 0 Å². The third kappa shape index (κ3) is 3.93. The molecule has 100 valence electrons. The van der Waals surface area contributed by atoms with Crippen LogP contribution in [0.5, 0.6) is 0 Å². The van der Waals surface area contributed by atoms with Crippen molar-refractivity contribution in [1.29, 1.82) is 0 Å². The van der Waals surface area contributed by atoms with Crippen LogP contribution in [-0.2, 0) is 4.79 Å². The number of hydrogen-bond acceptors (Lipinski definition) is 3. The molecule has 5 heteroatoms. The molecule has 19 heavy (non-hydrogen) atoms. The zero-order valence-electron chi connectivity index (χ0n) is 11.0. The van der Waals surface area contributed by atoms with Gasteiger partial charge in [-0.2, -0.15) is 5.10 Å². The number of amides is 1. The molecule has 2 aromatic rings. The van der Waals surface area contributed by atoms with E-state index in [1.165, 1.54) is 0 Å². The van der Waals surface area contributed by atoms with Crippen LogP contribution < -0.4 is 10.6 Å². The van der Waals surface area contributed by atoms with Crippen molar-refractivity contribution in [2.45, 2.75) is 13.3 Å². The highest BCUT2D eigenvalue weighted by atomic mass is 16.1. The molecule has 0 radical (unpaired) electrons. The van der Waals surface area contributed by atoms with E-state index < -0.39 is 0 Å². The molecular weight excluding hydrogens is 240 g/mol. The van der Waals surface area contributed by atoms with Gasteiger partial charge < -0.3 is 10.6 Å². The fraction of sp³-hybridized carbons (Fsp3) is 0.286. The Balaban J connectivity index is 1.97. The Labute approximate surface area is 112 Å². The number of anilines is 1. The molecule has 2 N–H and O–H groups in total. The van der Waals surface area contributed by atoms with E-state index in [9.17, 15) is 4.79 Å². The standard InChI is InChI=1S/C14H18N4O/c1-2-7-15-11-14(19)17-12-5-3-6-13(10-12)18-9-4-8-16-18/h3-6,8-10,15H,2,7,11H2,1H3,(H,17,19). The molecule has 0 aliphatic carbocycles. The van der Waals surface area contributed by atoms with Gasteiger partial charge in [-0.15, -0.1) is 0 Å². The molecule has 0 unspecified atom stereocenters. The topological polar surface area (TPSA) is 59.0 Å². The summed E-state index contributed by atoms with van der Waals surface area (Å²) >= 11 is 0. The minimum Gasteiger partial charge on any atom is -0.325 e. The molecule has 0 saturated carbocycles. The second-order valence-electron chi connectivity index (χ2n) is 4.23. The van der Waals surface area contributed by atoms with Crippen LogP contribution in [0.25, 0.3) is 5.69 Å². The first-order valence-corrected chi connectivity index (χ1v) is 6.40. The normalized spacial score (nSPS) is 10.4. The van der Waals surface area contributed by atoms with E-state index in [1.54, 1.807) is 10.9 Å². The highest BCUT2D eigenvalue weighted by Gasteiger charge is 2.03. The summed E-state index contributed by atoms with van der Waals surface area (Å²) < 4.78 is 1.75. The van der Waals surface area contributed by atoms with Gasteiger partial charge in [0.1, 0.15) is 0 Å². The molecule has 0 aliphatic rings. The van der Waals surface area contributed by atoms with Gasteiger partial charge in [-0.05, 0) is 37.2 Å². The number of nitrogens with zero attached hydrogens (tertiary/aromatic N) is 2. The second-order valence-corrected chi connectivity index (χ2v) is 4.23. The molecule has 1 aromatic heterocycles. The maximum Gasteiger partial charge on any atom is 0.238 e. The Kier molecular flexibility index (Phi) is 4.69. The van der Waals surface area contributed by atoms with E-state index in [1.807, 2.05) is 36.5 Å². The Morgan fingerprint density at radius 3 is 3.00 bits per heavy atom. The second kappa shape index (κ2) is 6.70. The summed E-state index contributed by atoms with van der Waals surface area (Å²) in [7, 11) is 0. The van der Waals surface area contributed by atoms with Crippen LogP contribution in [-0.4, -0.2) is 28.8 Å². The minimum atomic E-state index is -0.0361. The maximum absolute atomic E-state index is 11.7. The average molecular weight is 258 g/mol. The predicted octanol–water partition coefficient (Wildman–Crippen LogP) is 1.81. The summed E-state index contributed by atoms with van der Waals surface area (Å²) in [4.78, 5) is 11.7. The van der Waals surface area contributed by atoms with Gasteiger partial charge in [0.05, 0.1) is 12.2 Å². The summed E-state index contributed by atoms with van der Waals surface area (Å²) in [6.07, 6.45) is 4.60. The van der Waals surface area contributed by atoms with Crippen LogP contribution in [0.1, 0.15) is 13.3 Å². The molecule has 1 amide bonds. The van der Waals surface area contributed by atoms with E-state index >= 15 is 0 Å². The van der Waals surface area contributed by atoms with Gasteiger partial charge in [0.2, 0.25) is 5.91 Å². The van der Waals surface area contributed by atoms with Crippen molar-refractivity contribution in [3.63, 3.8) is 0 Å². The van der Waals surface area contributed by atoms with Crippen molar-refractivity contribution >= 4 is 11.6 Å². The number of rotatable bonds is 6. The van der Waals surface area contributed by atoms with Gasteiger partial charge >= 0.3 is 0 Å². The first-order chi connectivity index (χ1) is 9.29. The predicted molar refractivity (Wildman–Crippen MR) is 75.4 cm³/mol. The number of hydrogen-bond donors (Lipinski definition) is 2. The molecule has 0 atom stereocenters. The van der Waals surface area contributed by atoms with E-state index in [4.69, 9.17) is 0 Å². The van der Waals surface area contributed by atoms with Gasteiger partial charge in [0, 0.05) is 18.1 Å². The van der Waals surface area contributed by atoms with Crippen LogP contribution in [0, 0.1) is 0 Å². The zero-order valence-corrected chi connectivity index (χ0v) is 11.0. The fourth-order valence-corrected chi connectivity index (χ4v) is 1.73. The quantitative estimate of drug-likeness (QED) is 0.777. The van der Waals surface area contributed by atoms with Crippen LogP contribution in [0.2, 0.25) is 0 Å². The number of benzene rings is 1. The molecule has 0 fully saturated rings. The Bertz CT molecular complexity index is 522. The average Bonchev–Trinajstić information content (AvgIpc) is 2.93. The first kappa shape index (κ1) is 13.3. The summed E-state index contributed by atoms with van der Waals surface area (Å²) in [6, 6.07) is 9.46. The SMILES string of the molecule is CCCNCC(=O)Nc1cccc(-n2cccn2)c1. The molecule has 1 aromatic carbocycles. The lowest BCUT2D eigenvalue weighted by atomic mass is 10.2. The third-order valence-electron chi connectivity index (χ3n) is 2.61. The highest BCUT2D eigenvalue weighted by molar-refractivity contribution is 5.92. The van der Waals surface area contributed by atoms with Crippen LogP contribution in [0.4, 0.5) is 5.69 Å². The van der Waals surface area contributed by atoms with E-state index in [-0.39, 0.29) is 5.91 Å². The lowest BCUT2D eigenvalue weighted by Crippen LogP contribution is -2.28. The van der Waals surface area contributed by atoms with E-state index in [0.717, 1.165) is 24.3 Å². The number of aromatic nitrogens is 2. The number of nitrogens with one attached hydrogen (secondary N) is 2. The molecule has 0 bridgehead atoms. The first-order valence-electron chi connectivity index (χ1n) is 6.40. The summed E-state index contributed by atoms with van der Waals surface area (Å²) in [6.45, 7) is 3.25. The lowest BCUT2D eigenvalue weighted by Gasteiger charge is -2.08. The monoisotopic (exact) mass is 258 g/mol. The van der Waals surface area contributed by atoms with E-state index in [2.05, 4.69) is 22.7 Å². The largest absolute Gasteiger partial charge is 0.325 e. The van der Waals surface area contributed by atoms with Crippen LogP contribution >= 0.6 is 0 Å².